The molecule has 252 valence electrons. The number of amidine groups is 1. The van der Waals surface area contributed by atoms with E-state index < -0.39 is 5.66 Å². The quantitative estimate of drug-likeness (QED) is 0.364. The Morgan fingerprint density at radius 2 is 1.83 bits per heavy atom. The zero-order chi connectivity index (χ0) is 33.1. The van der Waals surface area contributed by atoms with E-state index in [1.54, 1.807) is 0 Å². The van der Waals surface area contributed by atoms with Crippen LogP contribution in [-0.2, 0) is 16.1 Å². The Bertz CT molecular complexity index is 1350. The Labute approximate surface area is 274 Å². The lowest BCUT2D eigenvalue weighted by atomic mass is 9.69. The molecule has 11 nitrogen and oxygen atoms in total. The van der Waals surface area contributed by atoms with Gasteiger partial charge >= 0.3 is 0 Å². The maximum atomic E-state index is 14.8. The lowest BCUT2D eigenvalue weighted by molar-refractivity contribution is -0.134. The van der Waals surface area contributed by atoms with E-state index in [4.69, 9.17) is 9.73 Å². The van der Waals surface area contributed by atoms with E-state index in [9.17, 15) is 9.59 Å². The summed E-state index contributed by atoms with van der Waals surface area (Å²) >= 11 is 0. The van der Waals surface area contributed by atoms with Gasteiger partial charge < -0.3 is 19.9 Å². The van der Waals surface area contributed by atoms with Crippen molar-refractivity contribution in [1.82, 2.24) is 35.7 Å². The summed E-state index contributed by atoms with van der Waals surface area (Å²) in [6.45, 7) is 18.2. The van der Waals surface area contributed by atoms with Crippen molar-refractivity contribution in [2.24, 2.45) is 21.7 Å². The van der Waals surface area contributed by atoms with Crippen LogP contribution in [0.1, 0.15) is 128 Å². The van der Waals surface area contributed by atoms with Crippen LogP contribution in [0.3, 0.4) is 0 Å². The van der Waals surface area contributed by atoms with Gasteiger partial charge in [-0.25, -0.2) is 4.99 Å². The predicted octanol–water partition coefficient (Wildman–Crippen LogP) is 5.67. The number of aliphatic imine (C=N–C) groups is 1. The van der Waals surface area contributed by atoms with E-state index in [2.05, 4.69) is 77.3 Å². The average molecular weight is 635 g/mol. The van der Waals surface area contributed by atoms with E-state index in [-0.39, 0.29) is 41.3 Å². The van der Waals surface area contributed by atoms with E-state index in [1.807, 2.05) is 31.2 Å². The van der Waals surface area contributed by atoms with Crippen LogP contribution >= 0.6 is 0 Å². The molecule has 1 saturated heterocycles. The van der Waals surface area contributed by atoms with Crippen molar-refractivity contribution in [2.75, 3.05) is 19.7 Å². The van der Waals surface area contributed by atoms with Crippen LogP contribution in [0, 0.1) is 16.7 Å². The number of amides is 2. The van der Waals surface area contributed by atoms with E-state index in [0.717, 1.165) is 63.5 Å². The fraction of sp³-hybridized carbons (Fsp3) is 0.714. The van der Waals surface area contributed by atoms with Gasteiger partial charge in [-0.1, -0.05) is 58.9 Å². The molecule has 2 aliphatic heterocycles. The minimum absolute atomic E-state index is 0.0344. The van der Waals surface area contributed by atoms with Gasteiger partial charge in [0.2, 0.25) is 0 Å². The number of ether oxygens (including phenoxy) is 1. The van der Waals surface area contributed by atoms with Gasteiger partial charge in [0.25, 0.3) is 11.8 Å². The van der Waals surface area contributed by atoms with Crippen LogP contribution in [0.4, 0.5) is 0 Å². The van der Waals surface area contributed by atoms with Gasteiger partial charge in [0.05, 0.1) is 18.7 Å². The number of nitrogens with one attached hydrogen (secondary N) is 2. The fourth-order valence-corrected chi connectivity index (χ4v) is 7.42. The first-order valence-electron chi connectivity index (χ1n) is 17.2. The smallest absolute Gasteiger partial charge is 0.291 e. The van der Waals surface area contributed by atoms with Crippen molar-refractivity contribution in [3.05, 3.63) is 41.2 Å². The third kappa shape index (κ3) is 7.78. The molecule has 1 aromatic heterocycles. The van der Waals surface area contributed by atoms with Gasteiger partial charge in [-0.2, -0.15) is 5.21 Å². The number of nitrogens with zero attached hydrogens (tertiary/aromatic N) is 6. The largest absolute Gasteiger partial charge is 0.377 e. The molecule has 11 heteroatoms. The molecule has 5 rings (SSSR count). The summed E-state index contributed by atoms with van der Waals surface area (Å²) in [4.78, 5) is 37.5. The first-order chi connectivity index (χ1) is 21.8. The third-order valence-corrected chi connectivity index (χ3v) is 10.1. The summed E-state index contributed by atoms with van der Waals surface area (Å²) in [7, 11) is 0. The summed E-state index contributed by atoms with van der Waals surface area (Å²) in [5, 5.41) is 16.6. The first-order valence-corrected chi connectivity index (χ1v) is 17.2. The third-order valence-electron chi connectivity index (χ3n) is 10.1. The minimum atomic E-state index is -0.573. The Kier molecular flexibility index (Phi) is 10.2. The van der Waals surface area contributed by atoms with Gasteiger partial charge in [-0.15, -0.1) is 10.2 Å². The van der Waals surface area contributed by atoms with Crippen molar-refractivity contribution in [3.8, 4) is 0 Å². The highest BCUT2D eigenvalue weighted by atomic mass is 16.5. The molecule has 1 aliphatic carbocycles. The second-order valence-corrected chi connectivity index (χ2v) is 15.6. The van der Waals surface area contributed by atoms with Gasteiger partial charge in [-0.05, 0) is 92.7 Å². The molecule has 46 heavy (non-hydrogen) atoms. The van der Waals surface area contributed by atoms with Crippen molar-refractivity contribution >= 4 is 17.6 Å². The molecule has 1 unspecified atom stereocenters. The van der Waals surface area contributed by atoms with Crippen molar-refractivity contribution < 1.29 is 14.3 Å². The molecule has 2 atom stereocenters. The van der Waals surface area contributed by atoms with Crippen molar-refractivity contribution in [3.63, 3.8) is 0 Å². The van der Waals surface area contributed by atoms with Crippen molar-refractivity contribution in [1.29, 1.82) is 0 Å². The number of aromatic nitrogens is 4. The van der Waals surface area contributed by atoms with E-state index in [0.29, 0.717) is 36.3 Å². The summed E-state index contributed by atoms with van der Waals surface area (Å²) in [5.41, 5.74) is 1.31. The average Bonchev–Trinajstić information content (AvgIpc) is 3.63. The Balaban J connectivity index is 1.46. The topological polar surface area (TPSA) is 129 Å². The standard InChI is InChI=1S/C35H54N8O3/c1-8-46-27-10-9-21-42(23-27)30-32(45)43(35(37-30)19-15-26(16-20-35)34(5,6)7)28(17-18-33(2,3)4)24-11-13-25(14-12-24)31(44)36-22-29-38-40-41-39-29/h11-14,26-28H,8-10,15-23H2,1-7H3,(H,36,44)(H,38,39,40,41)/t26?,27?,28-,35?/m1/s1. The zero-order valence-corrected chi connectivity index (χ0v) is 28.9. The van der Waals surface area contributed by atoms with Crippen LogP contribution in [0.2, 0.25) is 0 Å². The predicted molar refractivity (Wildman–Crippen MR) is 178 cm³/mol. The van der Waals surface area contributed by atoms with Gasteiger partial charge in [0.15, 0.2) is 11.7 Å². The fourth-order valence-electron chi connectivity index (χ4n) is 7.42. The molecule has 2 amide bonds. The number of rotatable bonds is 9. The second kappa shape index (κ2) is 13.8. The molecule has 2 aromatic rings. The summed E-state index contributed by atoms with van der Waals surface area (Å²) in [6.07, 6.45) is 7.66. The monoisotopic (exact) mass is 634 g/mol. The highest BCUT2D eigenvalue weighted by Gasteiger charge is 2.54. The Morgan fingerprint density at radius 1 is 1.11 bits per heavy atom. The number of tetrazole rings is 1. The van der Waals surface area contributed by atoms with Crippen LogP contribution < -0.4 is 5.32 Å². The minimum Gasteiger partial charge on any atom is -0.377 e. The molecule has 0 radical (unpaired) electrons. The maximum Gasteiger partial charge on any atom is 0.291 e. The maximum absolute atomic E-state index is 14.8. The number of aromatic amines is 1. The van der Waals surface area contributed by atoms with Crippen molar-refractivity contribution in [2.45, 2.75) is 124 Å². The summed E-state index contributed by atoms with van der Waals surface area (Å²) in [5.74, 6) is 1.44. The normalized spacial score (nSPS) is 24.8. The number of likely N-dealkylation sites (tertiary alicyclic amines) is 1. The molecule has 2 fully saturated rings. The van der Waals surface area contributed by atoms with Crippen LogP contribution in [0.25, 0.3) is 0 Å². The molecule has 2 N–H and O–H groups in total. The van der Waals surface area contributed by atoms with Gasteiger partial charge in [-0.3, -0.25) is 9.59 Å². The number of hydrogen-bond donors (Lipinski definition) is 2. The van der Waals surface area contributed by atoms with Gasteiger partial charge in [0, 0.05) is 25.3 Å². The molecule has 3 heterocycles. The number of piperidine rings is 1. The molecule has 0 bridgehead atoms. The second-order valence-electron chi connectivity index (χ2n) is 15.6. The number of hydrogen-bond acceptors (Lipinski definition) is 8. The SMILES string of the molecule is CCOC1CCCN(C2=NC3(CCC(C(C)(C)C)CC3)N([C@H](CCC(C)(C)C)c3ccc(C(=O)NCc4nn[nH]n4)cc3)C2=O)C1. The van der Waals surface area contributed by atoms with Crippen LogP contribution in [-0.4, -0.2) is 79.5 Å². The van der Waals surface area contributed by atoms with E-state index >= 15 is 0 Å². The Hall–Kier alpha value is -3.34. The Morgan fingerprint density at radius 3 is 2.43 bits per heavy atom. The number of H-pyrrole nitrogens is 1. The molecular formula is C35H54N8O3. The summed E-state index contributed by atoms with van der Waals surface area (Å²) < 4.78 is 6.02. The molecule has 1 aromatic carbocycles. The molecular weight excluding hydrogens is 580 g/mol. The van der Waals surface area contributed by atoms with Crippen LogP contribution in [0.5, 0.6) is 0 Å². The number of benzene rings is 1. The molecule has 1 spiro atoms. The molecule has 3 aliphatic rings. The molecule has 1 saturated carbocycles. The number of carbonyl (C=O) groups excluding carboxylic acids is 2. The number of carbonyl (C=O) groups is 2. The van der Waals surface area contributed by atoms with Gasteiger partial charge in [0.1, 0.15) is 5.66 Å². The zero-order valence-electron chi connectivity index (χ0n) is 28.9. The first kappa shape index (κ1) is 34.0. The van der Waals surface area contributed by atoms with E-state index in [1.165, 1.54) is 0 Å². The highest BCUT2D eigenvalue weighted by molar-refractivity contribution is 6.39. The highest BCUT2D eigenvalue weighted by Crippen LogP contribution is 2.50. The lowest BCUT2D eigenvalue weighted by Gasteiger charge is -2.47. The summed E-state index contributed by atoms with van der Waals surface area (Å²) in [6, 6.07) is 7.58. The lowest BCUT2D eigenvalue weighted by Crippen LogP contribution is -2.53. The van der Waals surface area contributed by atoms with Crippen LogP contribution in [0.15, 0.2) is 29.3 Å².